The van der Waals surface area contributed by atoms with Crippen molar-refractivity contribution < 1.29 is 32.7 Å². The third kappa shape index (κ3) is 6.25. The molecular weight excluding hydrogens is 505 g/mol. The molecule has 2 aromatic heterocycles. The Kier molecular flexibility index (Phi) is 8.37. The fourth-order valence-corrected chi connectivity index (χ4v) is 4.73. The molecule has 0 atom stereocenters. The lowest BCUT2D eigenvalue weighted by Gasteiger charge is -2.46. The van der Waals surface area contributed by atoms with E-state index in [0.29, 0.717) is 31.9 Å². The first-order chi connectivity index (χ1) is 17.6. The monoisotopic (exact) mass is 538 g/mol. The molecule has 0 aliphatic carbocycles. The zero-order valence-electron chi connectivity index (χ0n) is 22.1. The van der Waals surface area contributed by atoms with Gasteiger partial charge in [0.05, 0.1) is 5.69 Å². The van der Waals surface area contributed by atoms with Gasteiger partial charge in [0.15, 0.2) is 0 Å². The van der Waals surface area contributed by atoms with Crippen molar-refractivity contribution in [1.29, 1.82) is 0 Å². The number of amides is 3. The van der Waals surface area contributed by atoms with Gasteiger partial charge in [-0.25, -0.2) is 14.6 Å². The van der Waals surface area contributed by atoms with Crippen LogP contribution in [0.15, 0.2) is 24.4 Å². The molecule has 1 fully saturated rings. The molecule has 10 nitrogen and oxygen atoms in total. The summed E-state index contributed by atoms with van der Waals surface area (Å²) in [5.74, 6) is -2.80. The molecule has 0 unspecified atom stereocenters. The molecule has 0 radical (unpaired) electrons. The second kappa shape index (κ2) is 11.0. The van der Waals surface area contributed by atoms with Crippen LogP contribution in [0, 0.1) is 6.92 Å². The fourth-order valence-electron chi connectivity index (χ4n) is 4.73. The number of alkyl halides is 3. The molecule has 1 spiro atoms. The van der Waals surface area contributed by atoms with Gasteiger partial charge in [-0.2, -0.15) is 18.3 Å². The second-order valence-corrected chi connectivity index (χ2v) is 10.1. The molecule has 2 aliphatic rings. The van der Waals surface area contributed by atoms with E-state index in [1.54, 1.807) is 25.1 Å². The Morgan fingerprint density at radius 3 is 2.21 bits per heavy atom. The minimum atomic E-state index is -5.08. The molecule has 0 aromatic carbocycles. The Morgan fingerprint density at radius 2 is 1.71 bits per heavy atom. The molecule has 3 amide bonds. The van der Waals surface area contributed by atoms with Crippen molar-refractivity contribution in [3.8, 4) is 0 Å². The maximum atomic E-state index is 13.4. The molecule has 1 saturated heterocycles. The number of carbonyl (C=O) groups is 3. The van der Waals surface area contributed by atoms with Crippen LogP contribution in [0.3, 0.4) is 0 Å². The number of carboxylic acids is 1. The van der Waals surface area contributed by atoms with Crippen LogP contribution in [0.1, 0.15) is 60.2 Å². The molecule has 4 rings (SSSR count). The molecule has 13 heteroatoms. The van der Waals surface area contributed by atoms with Crippen molar-refractivity contribution >= 4 is 17.9 Å². The van der Waals surface area contributed by atoms with Crippen LogP contribution in [0.2, 0.25) is 0 Å². The van der Waals surface area contributed by atoms with Gasteiger partial charge in [-0.05, 0) is 45.7 Å². The highest BCUT2D eigenvalue weighted by atomic mass is 19.4. The van der Waals surface area contributed by atoms with Crippen molar-refractivity contribution in [3.63, 3.8) is 0 Å². The first-order valence-corrected chi connectivity index (χ1v) is 12.2. The highest BCUT2D eigenvalue weighted by molar-refractivity contribution is 5.92. The first kappa shape index (κ1) is 28.9. The Labute approximate surface area is 219 Å². The lowest BCUT2D eigenvalue weighted by molar-refractivity contribution is -0.192. The van der Waals surface area contributed by atoms with Gasteiger partial charge < -0.3 is 19.8 Å². The summed E-state index contributed by atoms with van der Waals surface area (Å²) in [5.41, 5.74) is 3.28. The SMILES string of the molecule is Cc1cccc(C(=O)N2Cc3cn(C(C)C)nc3C3(CCN(C(=O)N(C)C)CC3)C2)n1.O=C(O)C(F)(F)F. The molecule has 0 bridgehead atoms. The van der Waals surface area contributed by atoms with Crippen LogP contribution in [0.4, 0.5) is 18.0 Å². The van der Waals surface area contributed by atoms with E-state index in [9.17, 15) is 22.8 Å². The number of fused-ring (bicyclic) bond motifs is 2. The number of urea groups is 1. The average Bonchev–Trinajstić information content (AvgIpc) is 3.29. The topological polar surface area (TPSA) is 112 Å². The van der Waals surface area contributed by atoms with E-state index in [1.807, 2.05) is 33.5 Å². The van der Waals surface area contributed by atoms with E-state index in [1.165, 1.54) is 0 Å². The van der Waals surface area contributed by atoms with Gasteiger partial charge in [-0.1, -0.05) is 6.07 Å². The Balaban J connectivity index is 0.000000505. The van der Waals surface area contributed by atoms with Gasteiger partial charge in [0.1, 0.15) is 5.69 Å². The van der Waals surface area contributed by atoms with Crippen molar-refractivity contribution in [1.82, 2.24) is 29.5 Å². The summed E-state index contributed by atoms with van der Waals surface area (Å²) in [5, 5.41) is 12.1. The van der Waals surface area contributed by atoms with E-state index in [4.69, 9.17) is 15.0 Å². The molecule has 2 aliphatic heterocycles. The van der Waals surface area contributed by atoms with Crippen LogP contribution >= 0.6 is 0 Å². The van der Waals surface area contributed by atoms with Crippen molar-refractivity contribution in [2.45, 2.75) is 57.8 Å². The quantitative estimate of drug-likeness (QED) is 0.627. The largest absolute Gasteiger partial charge is 0.490 e. The van der Waals surface area contributed by atoms with E-state index in [0.717, 1.165) is 29.8 Å². The number of carbonyl (C=O) groups excluding carboxylic acids is 2. The van der Waals surface area contributed by atoms with Crippen molar-refractivity contribution in [2.75, 3.05) is 33.7 Å². The molecule has 1 N–H and O–H groups in total. The molecular formula is C25H33F3N6O4. The van der Waals surface area contributed by atoms with Crippen LogP contribution in [0.25, 0.3) is 0 Å². The first-order valence-electron chi connectivity index (χ1n) is 12.2. The minimum absolute atomic E-state index is 0.0375. The number of nitrogens with zero attached hydrogens (tertiary/aromatic N) is 6. The van der Waals surface area contributed by atoms with Crippen LogP contribution in [0.5, 0.6) is 0 Å². The highest BCUT2D eigenvalue weighted by Crippen LogP contribution is 2.42. The standard InChI is InChI=1S/C23H32N6O2.C2HF3O2/c1-16(2)29-14-18-13-28(21(30)19-8-6-7-17(3)24-19)15-23(20(18)25-29)9-11-27(12-10-23)22(31)26(4)5;3-2(4,5)1(6)7/h6-8,14,16H,9-13,15H2,1-5H3;(H,6,7). The summed E-state index contributed by atoms with van der Waals surface area (Å²) < 4.78 is 33.7. The van der Waals surface area contributed by atoms with Crippen LogP contribution < -0.4 is 0 Å². The maximum absolute atomic E-state index is 13.4. The number of carboxylic acid groups (broad SMARTS) is 1. The van der Waals surface area contributed by atoms with Crippen LogP contribution in [-0.2, 0) is 16.8 Å². The zero-order valence-corrected chi connectivity index (χ0v) is 22.1. The second-order valence-electron chi connectivity index (χ2n) is 10.1. The van der Waals surface area contributed by atoms with Crippen molar-refractivity contribution in [3.05, 3.63) is 47.0 Å². The van der Waals surface area contributed by atoms with Gasteiger partial charge in [0.25, 0.3) is 5.91 Å². The van der Waals surface area contributed by atoms with Crippen molar-refractivity contribution in [2.24, 2.45) is 0 Å². The van der Waals surface area contributed by atoms with E-state index in [2.05, 4.69) is 25.0 Å². The average molecular weight is 539 g/mol. The summed E-state index contributed by atoms with van der Waals surface area (Å²) in [6, 6.07) is 5.85. The lowest BCUT2D eigenvalue weighted by Crippen LogP contribution is -2.55. The summed E-state index contributed by atoms with van der Waals surface area (Å²) in [6.45, 7) is 8.60. The molecule has 4 heterocycles. The summed E-state index contributed by atoms with van der Waals surface area (Å²) in [6.07, 6.45) is -1.42. The third-order valence-electron chi connectivity index (χ3n) is 6.70. The molecule has 2 aromatic rings. The molecule has 208 valence electrons. The van der Waals surface area contributed by atoms with Gasteiger partial charge in [-0.3, -0.25) is 9.48 Å². The Hall–Kier alpha value is -3.64. The lowest BCUT2D eigenvalue weighted by atomic mass is 9.72. The fraction of sp³-hybridized carbons (Fsp3) is 0.560. The van der Waals surface area contributed by atoms with E-state index < -0.39 is 12.1 Å². The third-order valence-corrected chi connectivity index (χ3v) is 6.70. The Morgan fingerprint density at radius 1 is 1.11 bits per heavy atom. The number of pyridine rings is 1. The number of hydrogen-bond acceptors (Lipinski definition) is 5. The van der Waals surface area contributed by atoms with E-state index >= 15 is 0 Å². The van der Waals surface area contributed by atoms with Gasteiger partial charge in [0.2, 0.25) is 0 Å². The number of aromatic nitrogens is 3. The summed E-state index contributed by atoms with van der Waals surface area (Å²) >= 11 is 0. The van der Waals surface area contributed by atoms with Gasteiger partial charge >= 0.3 is 18.2 Å². The number of aliphatic carboxylic acids is 1. The number of rotatable bonds is 2. The highest BCUT2D eigenvalue weighted by Gasteiger charge is 2.46. The Bertz CT molecular complexity index is 1190. The smallest absolute Gasteiger partial charge is 0.475 e. The number of piperidine rings is 1. The normalized spacial score (nSPS) is 16.6. The number of halogens is 3. The predicted molar refractivity (Wildman–Crippen MR) is 132 cm³/mol. The van der Waals surface area contributed by atoms with Gasteiger partial charge in [-0.15, -0.1) is 0 Å². The molecule has 38 heavy (non-hydrogen) atoms. The minimum Gasteiger partial charge on any atom is -0.475 e. The van der Waals surface area contributed by atoms with E-state index in [-0.39, 0.29) is 23.4 Å². The predicted octanol–water partition coefficient (Wildman–Crippen LogP) is 3.47. The summed E-state index contributed by atoms with van der Waals surface area (Å²) in [7, 11) is 3.57. The summed E-state index contributed by atoms with van der Waals surface area (Å²) in [4.78, 5) is 44.6. The molecule has 0 saturated carbocycles. The zero-order chi connectivity index (χ0) is 28.4. The van der Waals surface area contributed by atoms with Crippen LogP contribution in [-0.4, -0.2) is 92.4 Å². The number of likely N-dealkylation sites (tertiary alicyclic amines) is 1. The number of aryl methyl sites for hydroxylation is 1. The maximum Gasteiger partial charge on any atom is 0.490 e. The number of hydrogen-bond donors (Lipinski definition) is 1. The van der Waals surface area contributed by atoms with Gasteiger partial charge in [0, 0.05) is 69.2 Å².